The Balaban J connectivity index is 2.54. The van der Waals surface area contributed by atoms with Crippen molar-refractivity contribution in [2.24, 2.45) is 0 Å². The first kappa shape index (κ1) is 13.3. The Hall–Kier alpha value is -2.11. The van der Waals surface area contributed by atoms with Gasteiger partial charge in [0.05, 0.1) is 0 Å². The summed E-state index contributed by atoms with van der Waals surface area (Å²) in [5, 5.41) is 12.6. The summed E-state index contributed by atoms with van der Waals surface area (Å²) in [6, 6.07) is 0. The molecule has 102 valence electrons. The Morgan fingerprint density at radius 3 is 2.79 bits per heavy atom. The van der Waals surface area contributed by atoms with Crippen molar-refractivity contribution in [3.8, 4) is 0 Å². The highest BCUT2D eigenvalue weighted by Gasteiger charge is 2.37. The quantitative estimate of drug-likeness (QED) is 0.839. The molecule has 6 nitrogen and oxygen atoms in total. The van der Waals surface area contributed by atoms with E-state index in [1.807, 2.05) is 21.0 Å². The highest BCUT2D eigenvalue weighted by molar-refractivity contribution is 6.10. The fraction of sp³-hybridized carbons (Fsp3) is 0.462. The van der Waals surface area contributed by atoms with E-state index in [1.165, 1.54) is 0 Å². The molecule has 0 radical (unpaired) electrons. The number of carboxylic acids is 1. The molecule has 19 heavy (non-hydrogen) atoms. The van der Waals surface area contributed by atoms with Gasteiger partial charge in [-0.25, -0.2) is 4.79 Å². The lowest BCUT2D eigenvalue weighted by Crippen LogP contribution is -2.20. The first-order valence-electron chi connectivity index (χ1n) is 6.10. The number of carboxylic acid groups (broad SMARTS) is 1. The summed E-state index contributed by atoms with van der Waals surface area (Å²) in [5.74, 6) is -1.40. The number of nitrogens with zero attached hydrogens (tertiary/aromatic N) is 2. The van der Waals surface area contributed by atoms with Crippen LogP contribution < -0.4 is 0 Å². The summed E-state index contributed by atoms with van der Waals surface area (Å²) in [6.07, 6.45) is 2.99. The van der Waals surface area contributed by atoms with Crippen LogP contribution in [-0.2, 0) is 0 Å². The van der Waals surface area contributed by atoms with Gasteiger partial charge in [0.2, 0.25) is 11.5 Å². The minimum Gasteiger partial charge on any atom is -0.476 e. The second-order valence-corrected chi connectivity index (χ2v) is 4.84. The van der Waals surface area contributed by atoms with Gasteiger partial charge in [0.25, 0.3) is 0 Å². The first-order valence-corrected chi connectivity index (χ1v) is 6.10. The second kappa shape index (κ2) is 4.87. The SMILES string of the molecule is CCC1CC(=CN(C)C)C(=O)c2onc(C(=O)O)c21. The van der Waals surface area contributed by atoms with Crippen LogP contribution in [0.1, 0.15) is 52.3 Å². The number of rotatable bonds is 3. The molecule has 0 aromatic carbocycles. The molecule has 1 aromatic heterocycles. The fourth-order valence-corrected chi connectivity index (χ4v) is 2.37. The number of fused-ring (bicyclic) bond motifs is 1. The second-order valence-electron chi connectivity index (χ2n) is 4.84. The number of ketones is 1. The van der Waals surface area contributed by atoms with Crippen molar-refractivity contribution >= 4 is 11.8 Å². The zero-order chi connectivity index (χ0) is 14.2. The molecule has 0 saturated carbocycles. The Labute approximate surface area is 110 Å². The molecule has 1 aliphatic carbocycles. The maximum absolute atomic E-state index is 12.2. The molecule has 6 heteroatoms. The minimum absolute atomic E-state index is 0.0451. The number of hydrogen-bond donors (Lipinski definition) is 1. The Morgan fingerprint density at radius 2 is 2.26 bits per heavy atom. The Morgan fingerprint density at radius 1 is 1.58 bits per heavy atom. The van der Waals surface area contributed by atoms with Crippen LogP contribution in [0.2, 0.25) is 0 Å². The minimum atomic E-state index is -1.16. The number of allylic oxidation sites excluding steroid dienone is 1. The lowest BCUT2D eigenvalue weighted by atomic mass is 9.80. The maximum atomic E-state index is 12.2. The van der Waals surface area contributed by atoms with Gasteiger partial charge in [0.1, 0.15) is 0 Å². The molecule has 0 spiro atoms. The van der Waals surface area contributed by atoms with Crippen molar-refractivity contribution in [1.29, 1.82) is 0 Å². The number of carbonyl (C=O) groups is 2. The largest absolute Gasteiger partial charge is 0.476 e. The number of carbonyl (C=O) groups excluding carboxylic acids is 1. The molecule has 1 heterocycles. The van der Waals surface area contributed by atoms with Crippen LogP contribution in [0.4, 0.5) is 0 Å². The van der Waals surface area contributed by atoms with Gasteiger partial charge in [-0.15, -0.1) is 0 Å². The van der Waals surface area contributed by atoms with E-state index in [9.17, 15) is 9.59 Å². The number of Topliss-reactive ketones (excluding diaryl/α,β-unsaturated/α-hetero) is 1. The summed E-state index contributed by atoms with van der Waals surface area (Å²) < 4.78 is 4.96. The van der Waals surface area contributed by atoms with Crippen LogP contribution in [0, 0.1) is 0 Å². The van der Waals surface area contributed by atoms with Gasteiger partial charge >= 0.3 is 5.97 Å². The summed E-state index contributed by atoms with van der Waals surface area (Å²) in [6.45, 7) is 1.95. The third-order valence-electron chi connectivity index (χ3n) is 3.21. The van der Waals surface area contributed by atoms with E-state index in [0.29, 0.717) is 17.6 Å². The number of hydrogen-bond acceptors (Lipinski definition) is 5. The van der Waals surface area contributed by atoms with E-state index >= 15 is 0 Å². The zero-order valence-corrected chi connectivity index (χ0v) is 11.1. The predicted octanol–water partition coefficient (Wildman–Crippen LogP) is 1.90. The molecule has 1 aromatic rings. The molecule has 0 saturated heterocycles. The van der Waals surface area contributed by atoms with Crippen LogP contribution in [0.15, 0.2) is 16.3 Å². The van der Waals surface area contributed by atoms with Gasteiger partial charge in [-0.1, -0.05) is 12.1 Å². The lowest BCUT2D eigenvalue weighted by Gasteiger charge is -2.22. The molecule has 0 fully saturated rings. The highest BCUT2D eigenvalue weighted by atomic mass is 16.5. The molecule has 1 atom stereocenters. The molecule has 0 bridgehead atoms. The fourth-order valence-electron chi connectivity index (χ4n) is 2.37. The average Bonchev–Trinajstić information content (AvgIpc) is 2.77. The molecular formula is C13H16N2O4. The molecule has 1 N–H and O–H groups in total. The normalized spacial score (nSPS) is 20.5. The molecule has 0 amide bonds. The van der Waals surface area contributed by atoms with Crippen LogP contribution in [0.3, 0.4) is 0 Å². The van der Waals surface area contributed by atoms with Crippen molar-refractivity contribution in [2.45, 2.75) is 25.7 Å². The zero-order valence-electron chi connectivity index (χ0n) is 11.1. The Kier molecular flexibility index (Phi) is 3.42. The van der Waals surface area contributed by atoms with Crippen molar-refractivity contribution < 1.29 is 19.2 Å². The van der Waals surface area contributed by atoms with Crippen LogP contribution in [0.25, 0.3) is 0 Å². The van der Waals surface area contributed by atoms with Gasteiger partial charge in [-0.3, -0.25) is 4.79 Å². The number of aromatic carboxylic acids is 1. The van der Waals surface area contributed by atoms with Crippen molar-refractivity contribution in [3.63, 3.8) is 0 Å². The molecule has 2 rings (SSSR count). The van der Waals surface area contributed by atoms with Gasteiger partial charge in [0, 0.05) is 31.4 Å². The van der Waals surface area contributed by atoms with Gasteiger partial charge in [0.15, 0.2) is 5.69 Å². The molecule has 1 aliphatic rings. The number of aromatic nitrogens is 1. The molecule has 1 unspecified atom stereocenters. The summed E-state index contributed by atoms with van der Waals surface area (Å²) in [7, 11) is 3.67. The van der Waals surface area contributed by atoms with Crippen LogP contribution in [-0.4, -0.2) is 41.0 Å². The van der Waals surface area contributed by atoms with Gasteiger partial charge in [-0.2, -0.15) is 0 Å². The monoisotopic (exact) mass is 264 g/mol. The summed E-state index contributed by atoms with van der Waals surface area (Å²) in [5.41, 5.74) is 0.924. The third-order valence-corrected chi connectivity index (χ3v) is 3.21. The van der Waals surface area contributed by atoms with Gasteiger partial charge < -0.3 is 14.5 Å². The topological polar surface area (TPSA) is 83.6 Å². The summed E-state index contributed by atoms with van der Waals surface area (Å²) in [4.78, 5) is 25.1. The van der Waals surface area contributed by atoms with Gasteiger partial charge in [-0.05, 0) is 18.8 Å². The van der Waals surface area contributed by atoms with E-state index in [0.717, 1.165) is 6.42 Å². The van der Waals surface area contributed by atoms with E-state index in [1.54, 1.807) is 11.1 Å². The molecular weight excluding hydrogens is 248 g/mol. The standard InChI is InChI=1S/C13H16N2O4/c1-4-7-5-8(6-15(2)3)11(16)12-9(7)10(13(17)18)14-19-12/h6-7H,4-5H2,1-3H3,(H,17,18). The summed E-state index contributed by atoms with van der Waals surface area (Å²) >= 11 is 0. The first-order chi connectivity index (χ1) is 8.95. The van der Waals surface area contributed by atoms with Crippen molar-refractivity contribution in [1.82, 2.24) is 10.1 Å². The van der Waals surface area contributed by atoms with Crippen molar-refractivity contribution in [3.05, 3.63) is 28.8 Å². The predicted molar refractivity (Wildman–Crippen MR) is 67.2 cm³/mol. The maximum Gasteiger partial charge on any atom is 0.358 e. The van der Waals surface area contributed by atoms with E-state index in [4.69, 9.17) is 9.63 Å². The third kappa shape index (κ3) is 2.25. The van der Waals surface area contributed by atoms with Crippen molar-refractivity contribution in [2.75, 3.05) is 14.1 Å². The van der Waals surface area contributed by atoms with E-state index in [-0.39, 0.29) is 23.2 Å². The van der Waals surface area contributed by atoms with Crippen LogP contribution in [0.5, 0.6) is 0 Å². The van der Waals surface area contributed by atoms with Crippen LogP contribution >= 0.6 is 0 Å². The highest BCUT2D eigenvalue weighted by Crippen LogP contribution is 2.38. The average molecular weight is 264 g/mol. The van der Waals surface area contributed by atoms with E-state index < -0.39 is 5.97 Å². The smallest absolute Gasteiger partial charge is 0.358 e. The Bertz CT molecular complexity index is 557. The lowest BCUT2D eigenvalue weighted by molar-refractivity contribution is 0.0683. The van der Waals surface area contributed by atoms with E-state index in [2.05, 4.69) is 5.16 Å². The molecule has 0 aliphatic heterocycles.